The fourth-order valence-electron chi connectivity index (χ4n) is 1.47. The maximum absolute atomic E-state index is 8.73. The number of oxime groups is 1. The van der Waals surface area contributed by atoms with Crippen LogP contribution < -0.4 is 0 Å². The Hall–Kier alpha value is -0.610. The Balaban J connectivity index is 2.66. The summed E-state index contributed by atoms with van der Waals surface area (Å²) in [5, 5.41) is 12.0. The van der Waals surface area contributed by atoms with Crippen LogP contribution in [0.2, 0.25) is 0 Å². The van der Waals surface area contributed by atoms with Crippen molar-refractivity contribution < 1.29 is 9.94 Å². The van der Waals surface area contributed by atoms with Gasteiger partial charge in [0.15, 0.2) is 0 Å². The first-order valence-electron chi connectivity index (χ1n) is 4.61. The number of hydrogen-bond acceptors (Lipinski definition) is 4. The van der Waals surface area contributed by atoms with Gasteiger partial charge in [0.05, 0.1) is 24.5 Å². The molecule has 76 valence electrons. The van der Waals surface area contributed by atoms with Crippen LogP contribution in [0, 0.1) is 0 Å². The SMILES string of the molecule is CC(=NO)C(C)(C)N1CCOCC1. The minimum absolute atomic E-state index is 0.168. The van der Waals surface area contributed by atoms with Gasteiger partial charge in [0.25, 0.3) is 0 Å². The van der Waals surface area contributed by atoms with Crippen molar-refractivity contribution >= 4 is 5.71 Å². The summed E-state index contributed by atoms with van der Waals surface area (Å²) < 4.78 is 5.26. The summed E-state index contributed by atoms with van der Waals surface area (Å²) in [5.41, 5.74) is 0.577. The van der Waals surface area contributed by atoms with E-state index in [1.807, 2.05) is 6.92 Å². The van der Waals surface area contributed by atoms with Gasteiger partial charge < -0.3 is 9.94 Å². The van der Waals surface area contributed by atoms with Gasteiger partial charge in [0.1, 0.15) is 0 Å². The lowest BCUT2D eigenvalue weighted by molar-refractivity contribution is 0.00921. The predicted octanol–water partition coefficient (Wildman–Crippen LogP) is 0.947. The van der Waals surface area contributed by atoms with Gasteiger partial charge in [-0.25, -0.2) is 0 Å². The van der Waals surface area contributed by atoms with Crippen LogP contribution >= 0.6 is 0 Å². The van der Waals surface area contributed by atoms with Crippen LogP contribution in [-0.2, 0) is 4.74 Å². The number of morpholine rings is 1. The van der Waals surface area contributed by atoms with Crippen molar-refractivity contribution in [3.05, 3.63) is 0 Å². The number of rotatable bonds is 2. The molecule has 0 amide bonds. The first-order chi connectivity index (χ1) is 6.09. The second-order valence-corrected chi connectivity index (χ2v) is 3.84. The largest absolute Gasteiger partial charge is 0.411 e. The van der Waals surface area contributed by atoms with Gasteiger partial charge in [-0.1, -0.05) is 5.16 Å². The number of ether oxygens (including phenoxy) is 1. The fourth-order valence-corrected chi connectivity index (χ4v) is 1.47. The molecule has 0 aromatic heterocycles. The molecule has 1 N–H and O–H groups in total. The average Bonchev–Trinajstić information content (AvgIpc) is 2.18. The van der Waals surface area contributed by atoms with Crippen LogP contribution in [-0.4, -0.2) is 47.7 Å². The van der Waals surface area contributed by atoms with Crippen molar-refractivity contribution in [1.29, 1.82) is 0 Å². The van der Waals surface area contributed by atoms with E-state index < -0.39 is 0 Å². The topological polar surface area (TPSA) is 45.1 Å². The second-order valence-electron chi connectivity index (χ2n) is 3.84. The predicted molar refractivity (Wildman–Crippen MR) is 51.4 cm³/mol. The molecule has 0 aromatic rings. The summed E-state index contributed by atoms with van der Waals surface area (Å²) in [6.07, 6.45) is 0. The molecule has 1 heterocycles. The normalized spacial score (nSPS) is 21.9. The Bertz CT molecular complexity index is 196. The van der Waals surface area contributed by atoms with E-state index in [1.54, 1.807) is 0 Å². The van der Waals surface area contributed by atoms with Crippen molar-refractivity contribution in [2.75, 3.05) is 26.3 Å². The highest BCUT2D eigenvalue weighted by Crippen LogP contribution is 2.17. The molecule has 13 heavy (non-hydrogen) atoms. The van der Waals surface area contributed by atoms with Crippen LogP contribution in [0.25, 0.3) is 0 Å². The van der Waals surface area contributed by atoms with E-state index >= 15 is 0 Å². The van der Waals surface area contributed by atoms with Gasteiger partial charge in [0, 0.05) is 13.1 Å². The molecule has 1 fully saturated rings. The highest BCUT2D eigenvalue weighted by molar-refractivity contribution is 5.90. The van der Waals surface area contributed by atoms with E-state index in [1.165, 1.54) is 0 Å². The Kier molecular flexibility index (Phi) is 3.27. The molecule has 0 atom stereocenters. The lowest BCUT2D eigenvalue weighted by atomic mass is 9.96. The molecule has 0 radical (unpaired) electrons. The van der Waals surface area contributed by atoms with Gasteiger partial charge in [-0.05, 0) is 20.8 Å². The first kappa shape index (κ1) is 10.5. The van der Waals surface area contributed by atoms with Crippen molar-refractivity contribution in [2.45, 2.75) is 26.3 Å². The Morgan fingerprint density at radius 3 is 2.38 bits per heavy atom. The van der Waals surface area contributed by atoms with Gasteiger partial charge in [0.2, 0.25) is 0 Å². The van der Waals surface area contributed by atoms with Crippen LogP contribution in [0.15, 0.2) is 5.16 Å². The lowest BCUT2D eigenvalue weighted by Gasteiger charge is -2.40. The highest BCUT2D eigenvalue weighted by atomic mass is 16.5. The number of nitrogens with zero attached hydrogens (tertiary/aromatic N) is 2. The first-order valence-corrected chi connectivity index (χ1v) is 4.61. The van der Waals surface area contributed by atoms with Gasteiger partial charge in [-0.2, -0.15) is 0 Å². The van der Waals surface area contributed by atoms with E-state index in [0.29, 0.717) is 0 Å². The molecule has 4 nitrogen and oxygen atoms in total. The molecule has 0 saturated carbocycles. The van der Waals surface area contributed by atoms with Crippen LogP contribution in [0.3, 0.4) is 0 Å². The summed E-state index contributed by atoms with van der Waals surface area (Å²) >= 11 is 0. The minimum atomic E-state index is -0.168. The molecule has 4 heteroatoms. The molecular weight excluding hydrogens is 168 g/mol. The quantitative estimate of drug-likeness (QED) is 0.396. The molecule has 0 aromatic carbocycles. The molecule has 1 aliphatic heterocycles. The van der Waals surface area contributed by atoms with Crippen molar-refractivity contribution in [2.24, 2.45) is 5.16 Å². The Morgan fingerprint density at radius 2 is 1.92 bits per heavy atom. The fraction of sp³-hybridized carbons (Fsp3) is 0.889. The highest BCUT2D eigenvalue weighted by Gasteiger charge is 2.31. The average molecular weight is 186 g/mol. The zero-order valence-electron chi connectivity index (χ0n) is 8.58. The van der Waals surface area contributed by atoms with E-state index in [-0.39, 0.29) is 5.54 Å². The smallest absolute Gasteiger partial charge is 0.0736 e. The van der Waals surface area contributed by atoms with E-state index in [2.05, 4.69) is 23.9 Å². The van der Waals surface area contributed by atoms with Gasteiger partial charge >= 0.3 is 0 Å². The van der Waals surface area contributed by atoms with Crippen LogP contribution in [0.1, 0.15) is 20.8 Å². The summed E-state index contributed by atoms with van der Waals surface area (Å²) in [6.45, 7) is 9.31. The Labute approximate surface area is 79.2 Å². The molecule has 0 spiro atoms. The maximum Gasteiger partial charge on any atom is 0.0736 e. The third kappa shape index (κ3) is 2.19. The Morgan fingerprint density at radius 1 is 1.38 bits per heavy atom. The molecule has 0 unspecified atom stereocenters. The standard InChI is InChI=1S/C9H18N2O2/c1-8(10-12)9(2,3)11-4-6-13-7-5-11/h12H,4-7H2,1-3H3. The van der Waals surface area contributed by atoms with Gasteiger partial charge in [-0.15, -0.1) is 0 Å². The third-order valence-corrected chi connectivity index (χ3v) is 2.84. The van der Waals surface area contributed by atoms with E-state index in [0.717, 1.165) is 32.0 Å². The third-order valence-electron chi connectivity index (χ3n) is 2.84. The summed E-state index contributed by atoms with van der Waals surface area (Å²) in [7, 11) is 0. The molecule has 0 bridgehead atoms. The summed E-state index contributed by atoms with van der Waals surface area (Å²) in [4.78, 5) is 2.27. The lowest BCUT2D eigenvalue weighted by Crippen LogP contribution is -2.53. The van der Waals surface area contributed by atoms with E-state index in [9.17, 15) is 0 Å². The molecule has 1 aliphatic rings. The van der Waals surface area contributed by atoms with Crippen LogP contribution in [0.4, 0.5) is 0 Å². The molecule has 1 saturated heterocycles. The summed E-state index contributed by atoms with van der Waals surface area (Å²) in [6, 6.07) is 0. The maximum atomic E-state index is 8.73. The molecule has 1 rings (SSSR count). The summed E-state index contributed by atoms with van der Waals surface area (Å²) in [5.74, 6) is 0. The number of hydrogen-bond donors (Lipinski definition) is 1. The van der Waals surface area contributed by atoms with Crippen molar-refractivity contribution in [3.8, 4) is 0 Å². The van der Waals surface area contributed by atoms with E-state index in [4.69, 9.17) is 9.94 Å². The zero-order valence-corrected chi connectivity index (χ0v) is 8.58. The van der Waals surface area contributed by atoms with Crippen molar-refractivity contribution in [1.82, 2.24) is 4.90 Å². The zero-order chi connectivity index (χ0) is 9.90. The second kappa shape index (κ2) is 4.07. The van der Waals surface area contributed by atoms with Crippen molar-refractivity contribution in [3.63, 3.8) is 0 Å². The van der Waals surface area contributed by atoms with Crippen LogP contribution in [0.5, 0.6) is 0 Å². The monoisotopic (exact) mass is 186 g/mol. The molecule has 0 aliphatic carbocycles. The molecular formula is C9H18N2O2. The van der Waals surface area contributed by atoms with Gasteiger partial charge in [-0.3, -0.25) is 4.90 Å². The minimum Gasteiger partial charge on any atom is -0.411 e.